The Bertz CT molecular complexity index is 433. The molecular weight excluding hydrogens is 248 g/mol. The van der Waals surface area contributed by atoms with Crippen LogP contribution in [0, 0.1) is 5.92 Å². The molecule has 2 unspecified atom stereocenters. The Morgan fingerprint density at radius 2 is 1.95 bits per heavy atom. The average molecular weight is 274 g/mol. The minimum atomic E-state index is 0.0959. The molecule has 1 aromatic carbocycles. The number of ether oxygens (including phenoxy) is 1. The van der Waals surface area contributed by atoms with Gasteiger partial charge < -0.3 is 4.74 Å². The predicted molar refractivity (Wildman–Crippen MR) is 82.2 cm³/mol. The standard InChI is InChI=1S/C18H26O2/c1-13(2)15-7-9-16(10-8-15)18(19)12-20-17-6-4-5-14(3)11-17/h7-10,13-14,17H,4-6,11-12H2,1-3H3. The molecule has 1 fully saturated rings. The highest BCUT2D eigenvalue weighted by Gasteiger charge is 2.20. The lowest BCUT2D eigenvalue weighted by molar-refractivity contribution is 0.0182. The number of carbonyl (C=O) groups is 1. The molecule has 0 bridgehead atoms. The van der Waals surface area contributed by atoms with Crippen molar-refractivity contribution in [3.8, 4) is 0 Å². The zero-order chi connectivity index (χ0) is 14.5. The van der Waals surface area contributed by atoms with Gasteiger partial charge in [0.25, 0.3) is 0 Å². The fourth-order valence-corrected chi connectivity index (χ4v) is 2.86. The Kier molecular flexibility index (Phi) is 5.36. The SMILES string of the molecule is CC1CCCC(OCC(=O)c2ccc(C(C)C)cc2)C1. The number of hydrogen-bond donors (Lipinski definition) is 0. The molecule has 1 saturated carbocycles. The van der Waals surface area contributed by atoms with Gasteiger partial charge in [0.1, 0.15) is 6.61 Å². The van der Waals surface area contributed by atoms with Gasteiger partial charge in [-0.05, 0) is 30.2 Å². The second kappa shape index (κ2) is 7.03. The molecule has 0 saturated heterocycles. The summed E-state index contributed by atoms with van der Waals surface area (Å²) in [6.07, 6.45) is 4.99. The van der Waals surface area contributed by atoms with E-state index in [2.05, 4.69) is 20.8 Å². The van der Waals surface area contributed by atoms with Crippen LogP contribution < -0.4 is 0 Å². The van der Waals surface area contributed by atoms with Crippen molar-refractivity contribution in [3.05, 3.63) is 35.4 Å². The summed E-state index contributed by atoms with van der Waals surface area (Å²) < 4.78 is 5.80. The molecular formula is C18H26O2. The molecule has 2 atom stereocenters. The fraction of sp³-hybridized carbons (Fsp3) is 0.611. The highest BCUT2D eigenvalue weighted by atomic mass is 16.5. The lowest BCUT2D eigenvalue weighted by Gasteiger charge is -2.26. The van der Waals surface area contributed by atoms with Crippen LogP contribution in [0.4, 0.5) is 0 Å². The third kappa shape index (κ3) is 4.17. The molecule has 0 amide bonds. The van der Waals surface area contributed by atoms with E-state index in [0.29, 0.717) is 5.92 Å². The monoisotopic (exact) mass is 274 g/mol. The number of carbonyl (C=O) groups excluding carboxylic acids is 1. The van der Waals surface area contributed by atoms with E-state index in [1.165, 1.54) is 18.4 Å². The van der Waals surface area contributed by atoms with E-state index in [9.17, 15) is 4.79 Å². The average Bonchev–Trinajstić information content (AvgIpc) is 2.45. The van der Waals surface area contributed by atoms with E-state index in [4.69, 9.17) is 4.74 Å². The Hall–Kier alpha value is -1.15. The normalized spacial score (nSPS) is 23.0. The molecule has 20 heavy (non-hydrogen) atoms. The van der Waals surface area contributed by atoms with Gasteiger partial charge in [-0.2, -0.15) is 0 Å². The van der Waals surface area contributed by atoms with Gasteiger partial charge in [0.2, 0.25) is 0 Å². The molecule has 0 radical (unpaired) electrons. The van der Waals surface area contributed by atoms with Crippen LogP contribution >= 0.6 is 0 Å². The molecule has 0 N–H and O–H groups in total. The number of rotatable bonds is 5. The van der Waals surface area contributed by atoms with Gasteiger partial charge in [0.15, 0.2) is 5.78 Å². The second-order valence-corrected chi connectivity index (χ2v) is 6.40. The van der Waals surface area contributed by atoms with Crippen LogP contribution in [-0.2, 0) is 4.74 Å². The van der Waals surface area contributed by atoms with E-state index >= 15 is 0 Å². The summed E-state index contributed by atoms with van der Waals surface area (Å²) >= 11 is 0. The maximum absolute atomic E-state index is 12.1. The van der Waals surface area contributed by atoms with E-state index in [-0.39, 0.29) is 18.5 Å². The minimum Gasteiger partial charge on any atom is -0.370 e. The zero-order valence-electron chi connectivity index (χ0n) is 12.9. The van der Waals surface area contributed by atoms with Crippen molar-refractivity contribution in [1.82, 2.24) is 0 Å². The van der Waals surface area contributed by atoms with E-state index < -0.39 is 0 Å². The molecule has 1 aliphatic rings. The first kappa shape index (κ1) is 15.2. The van der Waals surface area contributed by atoms with Crippen LogP contribution in [0.3, 0.4) is 0 Å². The smallest absolute Gasteiger partial charge is 0.188 e. The molecule has 0 aromatic heterocycles. The third-order valence-electron chi connectivity index (χ3n) is 4.24. The van der Waals surface area contributed by atoms with Crippen LogP contribution in [0.1, 0.15) is 68.3 Å². The summed E-state index contributed by atoms with van der Waals surface area (Å²) in [5, 5.41) is 0. The number of benzene rings is 1. The van der Waals surface area contributed by atoms with Crippen molar-refractivity contribution in [2.45, 2.75) is 58.5 Å². The second-order valence-electron chi connectivity index (χ2n) is 6.40. The first-order valence-electron chi connectivity index (χ1n) is 7.81. The van der Waals surface area contributed by atoms with E-state index in [1.807, 2.05) is 24.3 Å². The predicted octanol–water partition coefficient (Wildman–Crippen LogP) is 4.59. The van der Waals surface area contributed by atoms with Crippen molar-refractivity contribution in [2.24, 2.45) is 5.92 Å². The molecule has 0 heterocycles. The van der Waals surface area contributed by atoms with Crippen molar-refractivity contribution in [3.63, 3.8) is 0 Å². The van der Waals surface area contributed by atoms with E-state index in [0.717, 1.165) is 24.3 Å². The van der Waals surface area contributed by atoms with Crippen LogP contribution in [0.15, 0.2) is 24.3 Å². The van der Waals surface area contributed by atoms with Gasteiger partial charge in [-0.3, -0.25) is 4.79 Å². The van der Waals surface area contributed by atoms with Crippen LogP contribution in [0.2, 0.25) is 0 Å². The highest BCUT2D eigenvalue weighted by molar-refractivity contribution is 5.97. The van der Waals surface area contributed by atoms with Crippen molar-refractivity contribution >= 4 is 5.78 Å². The molecule has 1 aliphatic carbocycles. The third-order valence-corrected chi connectivity index (χ3v) is 4.24. The van der Waals surface area contributed by atoms with Gasteiger partial charge in [0, 0.05) is 5.56 Å². The minimum absolute atomic E-state index is 0.0959. The first-order chi connectivity index (χ1) is 9.56. The summed E-state index contributed by atoms with van der Waals surface area (Å²) in [5.74, 6) is 1.33. The van der Waals surface area contributed by atoms with Crippen molar-refractivity contribution < 1.29 is 9.53 Å². The van der Waals surface area contributed by atoms with Crippen LogP contribution in [-0.4, -0.2) is 18.5 Å². The first-order valence-corrected chi connectivity index (χ1v) is 7.81. The van der Waals surface area contributed by atoms with Crippen molar-refractivity contribution in [2.75, 3.05) is 6.61 Å². The van der Waals surface area contributed by atoms with Crippen LogP contribution in [0.25, 0.3) is 0 Å². The zero-order valence-corrected chi connectivity index (χ0v) is 12.9. The summed E-state index contributed by atoms with van der Waals surface area (Å²) in [6.45, 7) is 6.80. The maximum atomic E-state index is 12.1. The number of Topliss-reactive ketones (excluding diaryl/α,β-unsaturated/α-hetero) is 1. The molecule has 0 spiro atoms. The number of hydrogen-bond acceptors (Lipinski definition) is 2. The molecule has 110 valence electrons. The lowest BCUT2D eigenvalue weighted by atomic mass is 9.89. The van der Waals surface area contributed by atoms with Gasteiger partial charge in [-0.25, -0.2) is 0 Å². The fourth-order valence-electron chi connectivity index (χ4n) is 2.86. The van der Waals surface area contributed by atoms with Gasteiger partial charge in [0.05, 0.1) is 6.10 Å². The molecule has 2 rings (SSSR count). The van der Waals surface area contributed by atoms with Crippen molar-refractivity contribution in [1.29, 1.82) is 0 Å². The lowest BCUT2D eigenvalue weighted by Crippen LogP contribution is -2.24. The summed E-state index contributed by atoms with van der Waals surface area (Å²) in [5.41, 5.74) is 2.03. The van der Waals surface area contributed by atoms with Gasteiger partial charge in [-0.15, -0.1) is 0 Å². The largest absolute Gasteiger partial charge is 0.370 e. The Morgan fingerprint density at radius 1 is 1.25 bits per heavy atom. The number of ketones is 1. The Morgan fingerprint density at radius 3 is 2.55 bits per heavy atom. The topological polar surface area (TPSA) is 26.3 Å². The maximum Gasteiger partial charge on any atom is 0.188 e. The summed E-state index contributed by atoms with van der Waals surface area (Å²) in [4.78, 5) is 12.1. The van der Waals surface area contributed by atoms with Gasteiger partial charge >= 0.3 is 0 Å². The summed E-state index contributed by atoms with van der Waals surface area (Å²) in [7, 11) is 0. The summed E-state index contributed by atoms with van der Waals surface area (Å²) in [6, 6.07) is 7.93. The van der Waals surface area contributed by atoms with Gasteiger partial charge in [-0.1, -0.05) is 57.9 Å². The van der Waals surface area contributed by atoms with Crippen LogP contribution in [0.5, 0.6) is 0 Å². The quantitative estimate of drug-likeness (QED) is 0.734. The molecule has 2 heteroatoms. The molecule has 1 aromatic rings. The van der Waals surface area contributed by atoms with E-state index in [1.54, 1.807) is 0 Å². The Labute approximate surface area is 122 Å². The molecule has 0 aliphatic heterocycles. The Balaban J connectivity index is 1.85. The highest BCUT2D eigenvalue weighted by Crippen LogP contribution is 2.25. The molecule has 2 nitrogen and oxygen atoms in total.